The molecular weight excluding hydrogens is 328 g/mol. The quantitative estimate of drug-likeness (QED) is 0.842. The normalized spacial score (nSPS) is 18.8. The Morgan fingerprint density at radius 3 is 2.75 bits per heavy atom. The van der Waals surface area contributed by atoms with Gasteiger partial charge in [0.15, 0.2) is 5.13 Å². The third kappa shape index (κ3) is 3.12. The van der Waals surface area contributed by atoms with Crippen molar-refractivity contribution in [1.82, 2.24) is 4.98 Å². The lowest BCUT2D eigenvalue weighted by atomic mass is 10.1. The summed E-state index contributed by atoms with van der Waals surface area (Å²) in [6, 6.07) is 7.74. The summed E-state index contributed by atoms with van der Waals surface area (Å²) in [4.78, 5) is 28.7. The Hall–Kier alpha value is -2.41. The maximum absolute atomic E-state index is 12.4. The van der Waals surface area contributed by atoms with Crippen molar-refractivity contribution < 1.29 is 19.1 Å². The Morgan fingerprint density at radius 1 is 1.29 bits per heavy atom. The van der Waals surface area contributed by atoms with E-state index in [1.54, 1.807) is 14.0 Å². The van der Waals surface area contributed by atoms with Crippen LogP contribution in [-0.2, 0) is 9.53 Å². The molecule has 3 rings (SSSR count). The number of benzene rings is 1. The first-order valence-corrected chi connectivity index (χ1v) is 8.36. The van der Waals surface area contributed by atoms with Crippen molar-refractivity contribution in [3.05, 3.63) is 40.4 Å². The second-order valence-corrected chi connectivity index (χ2v) is 6.60. The predicted molar refractivity (Wildman–Crippen MR) is 90.7 cm³/mol. The first-order chi connectivity index (χ1) is 11.5. The molecule has 2 aromatic rings. The molecule has 0 saturated heterocycles. The molecule has 1 heterocycles. The first-order valence-electron chi connectivity index (χ1n) is 7.54. The average Bonchev–Trinajstić information content (AvgIpc) is 3.31. The van der Waals surface area contributed by atoms with Gasteiger partial charge in [-0.05, 0) is 30.9 Å². The Morgan fingerprint density at radius 2 is 2.04 bits per heavy atom. The van der Waals surface area contributed by atoms with Crippen LogP contribution in [0.1, 0.15) is 33.3 Å². The molecule has 2 atom stereocenters. The number of nitrogens with zero attached hydrogens (tertiary/aromatic N) is 1. The van der Waals surface area contributed by atoms with Gasteiger partial charge in [0.2, 0.25) is 5.91 Å². The largest absolute Gasteiger partial charge is 0.496 e. The molecule has 6 nitrogen and oxygen atoms in total. The van der Waals surface area contributed by atoms with E-state index in [9.17, 15) is 9.59 Å². The number of anilines is 1. The number of rotatable bonds is 5. The molecule has 0 spiro atoms. The molecule has 1 aliphatic rings. The minimum absolute atomic E-state index is 0.0870. The van der Waals surface area contributed by atoms with Crippen LogP contribution < -0.4 is 10.1 Å². The van der Waals surface area contributed by atoms with Crippen molar-refractivity contribution in [3.8, 4) is 5.75 Å². The van der Waals surface area contributed by atoms with Gasteiger partial charge in [-0.3, -0.25) is 4.79 Å². The van der Waals surface area contributed by atoms with Crippen LogP contribution in [0.25, 0.3) is 0 Å². The van der Waals surface area contributed by atoms with Crippen LogP contribution >= 0.6 is 11.3 Å². The lowest BCUT2D eigenvalue weighted by Crippen LogP contribution is -2.14. The fourth-order valence-corrected chi connectivity index (χ4v) is 3.62. The highest BCUT2D eigenvalue weighted by Crippen LogP contribution is 2.50. The van der Waals surface area contributed by atoms with Gasteiger partial charge >= 0.3 is 5.97 Å². The maximum atomic E-state index is 12.4. The predicted octanol–water partition coefficient (Wildman–Crippen LogP) is 2.99. The minimum atomic E-state index is -0.441. The van der Waals surface area contributed by atoms with E-state index in [1.807, 2.05) is 24.3 Å². The summed E-state index contributed by atoms with van der Waals surface area (Å²) in [5.74, 6) is 0.324. The van der Waals surface area contributed by atoms with E-state index in [0.717, 1.165) is 29.1 Å². The van der Waals surface area contributed by atoms with E-state index in [2.05, 4.69) is 10.3 Å². The summed E-state index contributed by atoms with van der Waals surface area (Å²) in [6.07, 6.45) is 0.778. The zero-order chi connectivity index (χ0) is 17.3. The number of thiazole rings is 1. The average molecular weight is 346 g/mol. The molecule has 0 radical (unpaired) electrons. The minimum Gasteiger partial charge on any atom is -0.496 e. The molecule has 0 bridgehead atoms. The number of esters is 1. The summed E-state index contributed by atoms with van der Waals surface area (Å²) in [6.45, 7) is 1.72. The number of aryl methyl sites for hydroxylation is 1. The van der Waals surface area contributed by atoms with Gasteiger partial charge < -0.3 is 14.8 Å². The van der Waals surface area contributed by atoms with E-state index in [1.165, 1.54) is 7.11 Å². The molecule has 126 valence electrons. The van der Waals surface area contributed by atoms with Crippen molar-refractivity contribution >= 4 is 28.3 Å². The van der Waals surface area contributed by atoms with Crippen molar-refractivity contribution in [3.63, 3.8) is 0 Å². The molecule has 24 heavy (non-hydrogen) atoms. The van der Waals surface area contributed by atoms with Gasteiger partial charge in [0.05, 0.1) is 19.9 Å². The van der Waals surface area contributed by atoms with Gasteiger partial charge in [-0.1, -0.05) is 29.5 Å². The van der Waals surface area contributed by atoms with E-state index >= 15 is 0 Å². The van der Waals surface area contributed by atoms with Crippen LogP contribution in [-0.4, -0.2) is 31.1 Å². The molecule has 1 saturated carbocycles. The fraction of sp³-hybridized carbons (Fsp3) is 0.353. The molecule has 1 aromatic heterocycles. The Kier molecular flexibility index (Phi) is 4.53. The number of carbonyl (C=O) groups is 2. The number of hydrogen-bond donors (Lipinski definition) is 1. The second-order valence-electron chi connectivity index (χ2n) is 5.61. The van der Waals surface area contributed by atoms with E-state index in [-0.39, 0.29) is 17.7 Å². The van der Waals surface area contributed by atoms with Crippen molar-refractivity contribution in [1.29, 1.82) is 0 Å². The number of hydrogen-bond acceptors (Lipinski definition) is 6. The highest BCUT2D eigenvalue weighted by molar-refractivity contribution is 7.17. The summed E-state index contributed by atoms with van der Waals surface area (Å²) >= 11 is 1.13. The Bertz CT molecular complexity index is 787. The summed E-state index contributed by atoms with van der Waals surface area (Å²) in [7, 11) is 2.95. The van der Waals surface area contributed by atoms with Crippen LogP contribution in [0.4, 0.5) is 5.13 Å². The lowest BCUT2D eigenvalue weighted by molar-refractivity contribution is -0.117. The Labute approximate surface area is 143 Å². The smallest absolute Gasteiger partial charge is 0.350 e. The fourth-order valence-electron chi connectivity index (χ4n) is 2.73. The third-order valence-electron chi connectivity index (χ3n) is 4.06. The topological polar surface area (TPSA) is 77.5 Å². The number of aromatic nitrogens is 1. The van der Waals surface area contributed by atoms with Crippen LogP contribution in [0.15, 0.2) is 24.3 Å². The van der Waals surface area contributed by atoms with E-state index in [4.69, 9.17) is 9.47 Å². The van der Waals surface area contributed by atoms with Gasteiger partial charge in [0, 0.05) is 5.92 Å². The summed E-state index contributed by atoms with van der Waals surface area (Å²) < 4.78 is 10.1. The van der Waals surface area contributed by atoms with Crippen LogP contribution in [0.2, 0.25) is 0 Å². The SMILES string of the molecule is COC(=O)c1sc(NC(=O)[C@H]2C[C@H]2c2ccccc2OC)nc1C. The van der Waals surface area contributed by atoms with Crippen molar-refractivity contribution in [2.45, 2.75) is 19.3 Å². The number of para-hydroxylation sites is 1. The highest BCUT2D eigenvalue weighted by atomic mass is 32.1. The monoisotopic (exact) mass is 346 g/mol. The molecule has 1 aromatic carbocycles. The molecule has 1 amide bonds. The number of nitrogens with one attached hydrogen (secondary N) is 1. The summed E-state index contributed by atoms with van der Waals surface area (Å²) in [5, 5.41) is 3.22. The van der Waals surface area contributed by atoms with Crippen LogP contribution in [0, 0.1) is 12.8 Å². The second kappa shape index (κ2) is 6.60. The van der Waals surface area contributed by atoms with Crippen molar-refractivity contribution in [2.75, 3.05) is 19.5 Å². The first kappa shape index (κ1) is 16.4. The third-order valence-corrected chi connectivity index (χ3v) is 5.12. The molecule has 7 heteroatoms. The van der Waals surface area contributed by atoms with Gasteiger partial charge in [-0.2, -0.15) is 0 Å². The zero-order valence-electron chi connectivity index (χ0n) is 13.7. The number of methoxy groups -OCH3 is 2. The highest BCUT2D eigenvalue weighted by Gasteiger charge is 2.45. The standard InChI is InChI=1S/C17H18N2O4S/c1-9-14(16(21)23-3)24-17(18-9)19-15(20)12-8-11(12)10-6-4-5-7-13(10)22-2/h4-7,11-12H,8H2,1-3H3,(H,18,19,20)/t11-,12-/m0/s1. The van der Waals surface area contributed by atoms with Gasteiger partial charge in [0.25, 0.3) is 0 Å². The molecule has 1 N–H and O–H groups in total. The number of carbonyl (C=O) groups excluding carboxylic acids is 2. The number of amides is 1. The number of ether oxygens (including phenoxy) is 2. The maximum Gasteiger partial charge on any atom is 0.350 e. The summed E-state index contributed by atoms with van der Waals surface area (Å²) in [5.41, 5.74) is 1.60. The zero-order valence-corrected chi connectivity index (χ0v) is 14.5. The van der Waals surface area contributed by atoms with Gasteiger partial charge in [-0.25, -0.2) is 9.78 Å². The van der Waals surface area contributed by atoms with Gasteiger partial charge in [0.1, 0.15) is 10.6 Å². The Balaban J connectivity index is 1.68. The lowest BCUT2D eigenvalue weighted by Gasteiger charge is -2.07. The molecule has 0 aliphatic heterocycles. The molecule has 1 aliphatic carbocycles. The van der Waals surface area contributed by atoms with Crippen molar-refractivity contribution in [2.24, 2.45) is 5.92 Å². The van der Waals surface area contributed by atoms with E-state index in [0.29, 0.717) is 15.7 Å². The molecular formula is C17H18N2O4S. The molecule has 0 unspecified atom stereocenters. The van der Waals surface area contributed by atoms with E-state index < -0.39 is 5.97 Å². The molecule has 1 fully saturated rings. The van der Waals surface area contributed by atoms with Gasteiger partial charge in [-0.15, -0.1) is 0 Å². The van der Waals surface area contributed by atoms with Crippen LogP contribution in [0.5, 0.6) is 5.75 Å². The van der Waals surface area contributed by atoms with Crippen LogP contribution in [0.3, 0.4) is 0 Å².